The van der Waals surface area contributed by atoms with Crippen molar-refractivity contribution in [1.29, 1.82) is 0 Å². The minimum Gasteiger partial charge on any atom is -0.506 e. The number of rotatable bonds is 4. The van der Waals surface area contributed by atoms with Gasteiger partial charge in [-0.3, -0.25) is 0 Å². The minimum atomic E-state index is -0.0693. The first kappa shape index (κ1) is 16.1. The Bertz CT molecular complexity index is 964. The molecule has 0 unspecified atom stereocenters. The monoisotopic (exact) mass is 369 g/mol. The quantitative estimate of drug-likeness (QED) is 0.739. The average molecular weight is 370 g/mol. The number of nitrogens with zero attached hydrogens (tertiary/aromatic N) is 3. The van der Waals surface area contributed by atoms with E-state index < -0.39 is 0 Å². The SMILES string of the molecule is Oc1cn(C23CCCC(OCc4ccccc4)(C2)C3)c2nnc(Cl)cc12. The van der Waals surface area contributed by atoms with Gasteiger partial charge in [0.1, 0.15) is 5.75 Å². The molecule has 0 atom stereocenters. The third kappa shape index (κ3) is 2.42. The van der Waals surface area contributed by atoms with E-state index in [4.69, 9.17) is 16.3 Å². The summed E-state index contributed by atoms with van der Waals surface area (Å²) in [6.45, 7) is 0.643. The lowest BCUT2D eigenvalue weighted by molar-refractivity contribution is -0.197. The van der Waals surface area contributed by atoms with E-state index >= 15 is 0 Å². The Kier molecular flexibility index (Phi) is 3.52. The van der Waals surface area contributed by atoms with Crippen LogP contribution in [0.3, 0.4) is 0 Å². The summed E-state index contributed by atoms with van der Waals surface area (Å²) in [5.74, 6) is 0.208. The van der Waals surface area contributed by atoms with E-state index in [1.165, 1.54) is 5.56 Å². The summed E-state index contributed by atoms with van der Waals surface area (Å²) in [6, 6.07) is 12.0. The Morgan fingerprint density at radius 3 is 2.77 bits per heavy atom. The number of fused-ring (bicyclic) bond motifs is 3. The van der Waals surface area contributed by atoms with Crippen molar-refractivity contribution in [3.8, 4) is 5.75 Å². The number of hydrogen-bond donors (Lipinski definition) is 1. The van der Waals surface area contributed by atoms with Gasteiger partial charge in [0.2, 0.25) is 0 Å². The van der Waals surface area contributed by atoms with Crippen LogP contribution in [-0.2, 0) is 16.9 Å². The zero-order chi connectivity index (χ0) is 17.8. The number of halogens is 1. The van der Waals surface area contributed by atoms with Gasteiger partial charge in [0.05, 0.1) is 23.1 Å². The third-order valence-corrected chi connectivity index (χ3v) is 6.16. The molecular formula is C20H20ClN3O2. The van der Waals surface area contributed by atoms with Crippen molar-refractivity contribution in [2.45, 2.75) is 49.9 Å². The molecule has 134 valence electrons. The normalized spacial score (nSPS) is 27.4. The molecule has 0 amide bonds. The van der Waals surface area contributed by atoms with Gasteiger partial charge in [-0.1, -0.05) is 41.9 Å². The molecule has 0 radical (unpaired) electrons. The first-order valence-corrected chi connectivity index (χ1v) is 9.39. The molecule has 26 heavy (non-hydrogen) atoms. The topological polar surface area (TPSA) is 60.2 Å². The maximum Gasteiger partial charge on any atom is 0.167 e. The summed E-state index contributed by atoms with van der Waals surface area (Å²) in [4.78, 5) is 0. The predicted octanol–water partition coefficient (Wildman–Crippen LogP) is 4.42. The molecule has 3 aromatic rings. The van der Waals surface area contributed by atoms with E-state index in [0.29, 0.717) is 22.8 Å². The zero-order valence-electron chi connectivity index (χ0n) is 14.4. The molecule has 0 spiro atoms. The highest BCUT2D eigenvalue weighted by molar-refractivity contribution is 6.29. The van der Waals surface area contributed by atoms with E-state index in [-0.39, 0.29) is 16.9 Å². The summed E-state index contributed by atoms with van der Waals surface area (Å²) in [7, 11) is 0. The molecule has 1 aromatic carbocycles. The highest BCUT2D eigenvalue weighted by Gasteiger charge is 2.59. The molecule has 6 rings (SSSR count). The molecule has 3 aliphatic carbocycles. The fourth-order valence-electron chi connectivity index (χ4n) is 4.86. The van der Waals surface area contributed by atoms with Crippen LogP contribution in [0.2, 0.25) is 5.15 Å². The Balaban J connectivity index is 1.42. The van der Waals surface area contributed by atoms with Crippen molar-refractivity contribution in [1.82, 2.24) is 14.8 Å². The van der Waals surface area contributed by atoms with Gasteiger partial charge in [-0.15, -0.1) is 10.2 Å². The van der Waals surface area contributed by atoms with Gasteiger partial charge in [0, 0.05) is 19.0 Å². The highest BCUT2D eigenvalue weighted by Crippen LogP contribution is 2.59. The fourth-order valence-corrected chi connectivity index (χ4v) is 5.01. The van der Waals surface area contributed by atoms with Crippen LogP contribution in [0.4, 0.5) is 0 Å². The van der Waals surface area contributed by atoms with E-state index in [0.717, 1.165) is 32.1 Å². The second-order valence-corrected chi connectivity index (χ2v) is 8.06. The fraction of sp³-hybridized carbons (Fsp3) is 0.400. The van der Waals surface area contributed by atoms with Crippen molar-refractivity contribution in [3.63, 3.8) is 0 Å². The predicted molar refractivity (Wildman–Crippen MR) is 99.2 cm³/mol. The van der Waals surface area contributed by atoms with Crippen LogP contribution in [0.25, 0.3) is 11.0 Å². The zero-order valence-corrected chi connectivity index (χ0v) is 15.1. The van der Waals surface area contributed by atoms with Crippen molar-refractivity contribution in [3.05, 3.63) is 53.3 Å². The van der Waals surface area contributed by atoms with E-state index in [2.05, 4.69) is 26.9 Å². The highest BCUT2D eigenvalue weighted by atomic mass is 35.5. The second-order valence-electron chi connectivity index (χ2n) is 7.68. The smallest absolute Gasteiger partial charge is 0.167 e. The van der Waals surface area contributed by atoms with Crippen LogP contribution in [-0.4, -0.2) is 25.5 Å². The Morgan fingerprint density at radius 1 is 1.15 bits per heavy atom. The standard InChI is InChI=1S/C20H20ClN3O2/c21-17-9-15-16(25)10-24(18(15)23-22-17)19-7-4-8-20(12-19,13-19)26-11-14-5-2-1-3-6-14/h1-3,5-6,9-10,25H,4,7-8,11-13H2. The molecule has 0 aliphatic heterocycles. The number of benzene rings is 1. The lowest BCUT2D eigenvalue weighted by Gasteiger charge is -2.60. The number of aromatic hydroxyl groups is 1. The van der Waals surface area contributed by atoms with Gasteiger partial charge < -0.3 is 14.4 Å². The number of hydrogen-bond acceptors (Lipinski definition) is 4. The largest absolute Gasteiger partial charge is 0.506 e. The van der Waals surface area contributed by atoms with E-state index in [1.54, 1.807) is 12.3 Å². The van der Waals surface area contributed by atoms with Crippen LogP contribution in [0.15, 0.2) is 42.6 Å². The minimum absolute atomic E-state index is 0.0450. The number of ether oxygens (including phenoxy) is 1. The molecule has 0 saturated heterocycles. The molecule has 3 saturated carbocycles. The van der Waals surface area contributed by atoms with Crippen LogP contribution in [0.5, 0.6) is 5.75 Å². The van der Waals surface area contributed by atoms with Gasteiger partial charge >= 0.3 is 0 Å². The van der Waals surface area contributed by atoms with Crippen molar-refractivity contribution in [2.24, 2.45) is 0 Å². The maximum absolute atomic E-state index is 10.3. The van der Waals surface area contributed by atoms with Gasteiger partial charge in [-0.05, 0) is 30.9 Å². The van der Waals surface area contributed by atoms with Crippen LogP contribution in [0, 0.1) is 0 Å². The van der Waals surface area contributed by atoms with Gasteiger partial charge in [-0.2, -0.15) is 0 Å². The molecule has 3 aliphatic rings. The molecule has 1 N–H and O–H groups in total. The van der Waals surface area contributed by atoms with Gasteiger partial charge in [0.15, 0.2) is 10.8 Å². The van der Waals surface area contributed by atoms with E-state index in [1.807, 2.05) is 18.2 Å². The van der Waals surface area contributed by atoms with Gasteiger partial charge in [-0.25, -0.2) is 0 Å². The van der Waals surface area contributed by atoms with Crippen molar-refractivity contribution in [2.75, 3.05) is 0 Å². The van der Waals surface area contributed by atoms with Crippen molar-refractivity contribution >= 4 is 22.6 Å². The molecule has 3 fully saturated rings. The second kappa shape index (κ2) is 5.69. The third-order valence-electron chi connectivity index (χ3n) is 5.98. The molecule has 2 heterocycles. The Labute approximate surface area is 156 Å². The Morgan fingerprint density at radius 2 is 1.96 bits per heavy atom. The lowest BCUT2D eigenvalue weighted by atomic mass is 9.56. The summed E-state index contributed by atoms with van der Waals surface area (Å²) in [6.07, 6.45) is 6.93. The summed E-state index contributed by atoms with van der Waals surface area (Å²) >= 11 is 5.94. The maximum atomic E-state index is 10.3. The van der Waals surface area contributed by atoms with E-state index in [9.17, 15) is 5.11 Å². The summed E-state index contributed by atoms with van der Waals surface area (Å²) < 4.78 is 8.48. The number of aromatic nitrogens is 3. The van der Waals surface area contributed by atoms with Crippen LogP contribution >= 0.6 is 11.6 Å². The molecule has 5 nitrogen and oxygen atoms in total. The first-order valence-electron chi connectivity index (χ1n) is 9.01. The molecule has 2 bridgehead atoms. The van der Waals surface area contributed by atoms with Crippen molar-refractivity contribution < 1.29 is 9.84 Å². The van der Waals surface area contributed by atoms with Crippen LogP contribution in [0.1, 0.15) is 37.7 Å². The Hall–Kier alpha value is -2.11. The van der Waals surface area contributed by atoms with Gasteiger partial charge in [0.25, 0.3) is 0 Å². The lowest BCUT2D eigenvalue weighted by Crippen LogP contribution is -2.62. The molecule has 6 heteroatoms. The molecular weight excluding hydrogens is 350 g/mol. The molecule has 2 aromatic heterocycles. The first-order chi connectivity index (χ1) is 12.6. The summed E-state index contributed by atoms with van der Waals surface area (Å²) in [5, 5.41) is 19.5. The summed E-state index contributed by atoms with van der Waals surface area (Å²) in [5.41, 5.74) is 1.79. The van der Waals surface area contributed by atoms with Crippen LogP contribution < -0.4 is 0 Å². The average Bonchev–Trinajstić information content (AvgIpc) is 2.97.